The van der Waals surface area contributed by atoms with E-state index in [1.165, 1.54) is 22.5 Å². The molecule has 3 aliphatic heterocycles. The molecule has 6 nitrogen and oxygen atoms in total. The zero-order valence-corrected chi connectivity index (χ0v) is 16.2. The summed E-state index contributed by atoms with van der Waals surface area (Å²) in [6.45, 7) is 5.50. The maximum Gasteiger partial charge on any atom is 0.209 e. The highest BCUT2D eigenvalue weighted by atomic mass is 16.5. The van der Waals surface area contributed by atoms with E-state index in [2.05, 4.69) is 39.4 Å². The molecule has 0 aliphatic carbocycles. The van der Waals surface area contributed by atoms with E-state index in [0.29, 0.717) is 17.8 Å². The topological polar surface area (TPSA) is 61.5 Å². The van der Waals surface area contributed by atoms with Gasteiger partial charge in [-0.3, -0.25) is 9.89 Å². The Morgan fingerprint density at radius 1 is 1.04 bits per heavy atom. The Labute approximate surface area is 165 Å². The van der Waals surface area contributed by atoms with Gasteiger partial charge in [0, 0.05) is 68.8 Å². The minimum Gasteiger partial charge on any atom is -0.381 e. The van der Waals surface area contributed by atoms with Gasteiger partial charge >= 0.3 is 0 Å². The molecular formula is C22H28N4O2. The van der Waals surface area contributed by atoms with Crippen molar-refractivity contribution in [3.05, 3.63) is 47.3 Å². The van der Waals surface area contributed by atoms with Crippen molar-refractivity contribution < 1.29 is 9.53 Å². The first-order valence-corrected chi connectivity index (χ1v) is 10.5. The second-order valence-corrected chi connectivity index (χ2v) is 8.40. The molecule has 4 heterocycles. The standard InChI is InChI=1S/C22H28N4O2/c27-15-25-12-19(13-25)20-2-1-17(16-5-9-28-10-6-16)11-22(20)26-8-4-18(14-26)21-3-7-23-24-21/h1-3,7,11,15-16,18-19H,4-6,8-10,12-14H2,(H,23,24)/t18-/m1/s1. The molecule has 0 spiro atoms. The number of ether oxygens (including phenoxy) is 1. The second-order valence-electron chi connectivity index (χ2n) is 8.40. The maximum absolute atomic E-state index is 11.0. The lowest BCUT2D eigenvalue weighted by Gasteiger charge is -2.39. The van der Waals surface area contributed by atoms with Crippen molar-refractivity contribution in [3.63, 3.8) is 0 Å². The fraction of sp³-hybridized carbons (Fsp3) is 0.545. The van der Waals surface area contributed by atoms with Crippen molar-refractivity contribution >= 4 is 12.1 Å². The number of carbonyl (C=O) groups is 1. The van der Waals surface area contributed by atoms with Crippen molar-refractivity contribution in [2.75, 3.05) is 44.3 Å². The minimum atomic E-state index is 0.454. The summed E-state index contributed by atoms with van der Waals surface area (Å²) in [5, 5.41) is 7.28. The van der Waals surface area contributed by atoms with Gasteiger partial charge in [-0.2, -0.15) is 5.10 Å². The molecule has 148 valence electrons. The summed E-state index contributed by atoms with van der Waals surface area (Å²) >= 11 is 0. The fourth-order valence-corrected chi connectivity index (χ4v) is 4.99. The predicted molar refractivity (Wildman–Crippen MR) is 108 cm³/mol. The number of rotatable bonds is 5. The Bertz CT molecular complexity index is 810. The van der Waals surface area contributed by atoms with E-state index in [0.717, 1.165) is 65.1 Å². The van der Waals surface area contributed by atoms with E-state index < -0.39 is 0 Å². The first kappa shape index (κ1) is 17.7. The summed E-state index contributed by atoms with van der Waals surface area (Å²) in [5.74, 6) is 1.56. The molecular weight excluding hydrogens is 352 g/mol. The van der Waals surface area contributed by atoms with Crippen LogP contribution in [0.3, 0.4) is 0 Å². The smallest absolute Gasteiger partial charge is 0.209 e. The highest BCUT2D eigenvalue weighted by Crippen LogP contribution is 2.40. The summed E-state index contributed by atoms with van der Waals surface area (Å²) in [5.41, 5.74) is 5.46. The average Bonchev–Trinajstić information content (AvgIpc) is 3.40. The number of nitrogens with zero attached hydrogens (tertiary/aromatic N) is 3. The molecule has 1 aromatic carbocycles. The van der Waals surface area contributed by atoms with Crippen LogP contribution in [0.25, 0.3) is 0 Å². The van der Waals surface area contributed by atoms with E-state index in [1.807, 2.05) is 11.1 Å². The molecule has 5 rings (SSSR count). The van der Waals surface area contributed by atoms with E-state index in [1.54, 1.807) is 0 Å². The van der Waals surface area contributed by atoms with Gasteiger partial charge in [0.1, 0.15) is 0 Å². The Kier molecular flexibility index (Phi) is 4.81. The van der Waals surface area contributed by atoms with Crippen molar-refractivity contribution in [1.82, 2.24) is 15.1 Å². The predicted octanol–water partition coefficient (Wildman–Crippen LogP) is 2.85. The summed E-state index contributed by atoms with van der Waals surface area (Å²) < 4.78 is 5.56. The van der Waals surface area contributed by atoms with Crippen LogP contribution in [0.4, 0.5) is 5.69 Å². The molecule has 0 unspecified atom stereocenters. The fourth-order valence-electron chi connectivity index (χ4n) is 4.99. The van der Waals surface area contributed by atoms with E-state index in [4.69, 9.17) is 4.74 Å². The molecule has 1 N–H and O–H groups in total. The van der Waals surface area contributed by atoms with E-state index in [9.17, 15) is 4.79 Å². The zero-order valence-electron chi connectivity index (χ0n) is 16.2. The lowest BCUT2D eigenvalue weighted by molar-refractivity contribution is -0.122. The number of aromatic nitrogens is 2. The van der Waals surface area contributed by atoms with Gasteiger partial charge < -0.3 is 14.5 Å². The maximum atomic E-state index is 11.0. The Morgan fingerprint density at radius 2 is 1.89 bits per heavy atom. The first-order chi connectivity index (χ1) is 13.8. The number of hydrogen-bond acceptors (Lipinski definition) is 4. The Balaban J connectivity index is 1.42. The van der Waals surface area contributed by atoms with Crippen LogP contribution in [0, 0.1) is 0 Å². The van der Waals surface area contributed by atoms with Gasteiger partial charge in [-0.05, 0) is 48.4 Å². The molecule has 3 saturated heterocycles. The minimum absolute atomic E-state index is 0.454. The number of hydrogen-bond donors (Lipinski definition) is 1. The Morgan fingerprint density at radius 3 is 2.64 bits per heavy atom. The number of benzene rings is 1. The monoisotopic (exact) mass is 380 g/mol. The van der Waals surface area contributed by atoms with Crippen LogP contribution < -0.4 is 4.90 Å². The quantitative estimate of drug-likeness (QED) is 0.811. The van der Waals surface area contributed by atoms with Crippen LogP contribution >= 0.6 is 0 Å². The molecule has 0 saturated carbocycles. The molecule has 28 heavy (non-hydrogen) atoms. The highest BCUT2D eigenvalue weighted by molar-refractivity contribution is 5.61. The number of amides is 1. The number of likely N-dealkylation sites (tertiary alicyclic amines) is 1. The number of aromatic amines is 1. The van der Waals surface area contributed by atoms with Crippen molar-refractivity contribution in [2.45, 2.75) is 37.0 Å². The summed E-state index contributed by atoms with van der Waals surface area (Å²) in [6, 6.07) is 9.18. The molecule has 6 heteroatoms. The summed E-state index contributed by atoms with van der Waals surface area (Å²) in [6.07, 6.45) is 6.18. The number of H-pyrrole nitrogens is 1. The van der Waals surface area contributed by atoms with Crippen LogP contribution in [0.2, 0.25) is 0 Å². The number of carbonyl (C=O) groups excluding carboxylic acids is 1. The lowest BCUT2D eigenvalue weighted by Crippen LogP contribution is -2.44. The molecule has 1 aromatic heterocycles. The van der Waals surface area contributed by atoms with Crippen molar-refractivity contribution in [3.8, 4) is 0 Å². The first-order valence-electron chi connectivity index (χ1n) is 10.5. The third-order valence-corrected chi connectivity index (χ3v) is 6.74. The van der Waals surface area contributed by atoms with Gasteiger partial charge in [0.05, 0.1) is 0 Å². The van der Waals surface area contributed by atoms with Crippen molar-refractivity contribution in [1.29, 1.82) is 0 Å². The molecule has 1 atom stereocenters. The van der Waals surface area contributed by atoms with E-state index >= 15 is 0 Å². The number of anilines is 1. The van der Waals surface area contributed by atoms with Gasteiger partial charge in [0.25, 0.3) is 0 Å². The largest absolute Gasteiger partial charge is 0.381 e. The third kappa shape index (κ3) is 3.30. The van der Waals surface area contributed by atoms with Gasteiger partial charge in [-0.15, -0.1) is 0 Å². The molecule has 1 amide bonds. The molecule has 3 aliphatic rings. The Hall–Kier alpha value is -2.34. The zero-order chi connectivity index (χ0) is 18.9. The van der Waals surface area contributed by atoms with Gasteiger partial charge in [0.15, 0.2) is 0 Å². The summed E-state index contributed by atoms with van der Waals surface area (Å²) in [7, 11) is 0. The average molecular weight is 380 g/mol. The van der Waals surface area contributed by atoms with Gasteiger partial charge in [-0.1, -0.05) is 12.1 Å². The molecule has 3 fully saturated rings. The van der Waals surface area contributed by atoms with Crippen LogP contribution in [0.5, 0.6) is 0 Å². The lowest BCUT2D eigenvalue weighted by atomic mass is 9.85. The van der Waals surface area contributed by atoms with Gasteiger partial charge in [-0.25, -0.2) is 0 Å². The normalized spacial score (nSPS) is 23.8. The highest BCUT2D eigenvalue weighted by Gasteiger charge is 2.33. The number of nitrogens with one attached hydrogen (secondary N) is 1. The molecule has 0 bridgehead atoms. The van der Waals surface area contributed by atoms with Crippen molar-refractivity contribution in [2.24, 2.45) is 0 Å². The van der Waals surface area contributed by atoms with Gasteiger partial charge in [0.2, 0.25) is 6.41 Å². The van der Waals surface area contributed by atoms with Crippen LogP contribution in [-0.2, 0) is 9.53 Å². The van der Waals surface area contributed by atoms with Crippen LogP contribution in [0.15, 0.2) is 30.5 Å². The van der Waals surface area contributed by atoms with Crippen LogP contribution in [0.1, 0.15) is 53.8 Å². The summed E-state index contributed by atoms with van der Waals surface area (Å²) in [4.78, 5) is 15.4. The second kappa shape index (κ2) is 7.59. The third-order valence-electron chi connectivity index (χ3n) is 6.74. The molecule has 2 aromatic rings. The molecule has 0 radical (unpaired) electrons. The SMILES string of the molecule is O=CN1CC(c2ccc(C3CCOCC3)cc2N2CC[C@@H](c3ccn[nH]3)C2)C1. The van der Waals surface area contributed by atoms with E-state index in [-0.39, 0.29) is 0 Å². The van der Waals surface area contributed by atoms with Crippen LogP contribution in [-0.4, -0.2) is 60.9 Å².